The maximum Gasteiger partial charge on any atom is 0.160 e. The molecule has 0 aliphatic heterocycles. The molecule has 118 valence electrons. The van der Waals surface area contributed by atoms with Crippen LogP contribution in [-0.2, 0) is 6.42 Å². The van der Waals surface area contributed by atoms with Gasteiger partial charge in [0.2, 0.25) is 0 Å². The average molecular weight is 299 g/mol. The number of benzene rings is 2. The molecule has 0 aliphatic carbocycles. The summed E-state index contributed by atoms with van der Waals surface area (Å²) < 4.78 is 10.6. The first-order valence-corrected chi connectivity index (χ1v) is 7.66. The van der Waals surface area contributed by atoms with Crippen LogP contribution in [-0.4, -0.2) is 20.3 Å². The van der Waals surface area contributed by atoms with Crippen LogP contribution in [0.1, 0.15) is 31.0 Å². The molecular weight excluding hydrogens is 274 g/mol. The van der Waals surface area contributed by atoms with E-state index in [-0.39, 0.29) is 0 Å². The number of rotatable bonds is 7. The molecule has 0 heterocycles. The van der Waals surface area contributed by atoms with Crippen LogP contribution in [0.15, 0.2) is 48.5 Å². The molecule has 2 aromatic carbocycles. The Hall–Kier alpha value is -2.00. The Balaban J connectivity index is 1.98. The maximum absolute atomic E-state index is 5.36. The van der Waals surface area contributed by atoms with Crippen molar-refractivity contribution in [3.8, 4) is 11.5 Å². The third-order valence-electron chi connectivity index (χ3n) is 3.82. The van der Waals surface area contributed by atoms with Gasteiger partial charge in [0.25, 0.3) is 0 Å². The van der Waals surface area contributed by atoms with E-state index in [2.05, 4.69) is 49.5 Å². The summed E-state index contributed by atoms with van der Waals surface area (Å²) >= 11 is 0. The zero-order valence-corrected chi connectivity index (χ0v) is 13.8. The summed E-state index contributed by atoms with van der Waals surface area (Å²) in [6.07, 6.45) is 0.942. The Kier molecular flexibility index (Phi) is 5.84. The van der Waals surface area contributed by atoms with Gasteiger partial charge < -0.3 is 14.8 Å². The van der Waals surface area contributed by atoms with Crippen LogP contribution in [0.25, 0.3) is 0 Å². The highest BCUT2D eigenvalue weighted by atomic mass is 16.5. The molecule has 1 N–H and O–H groups in total. The molecule has 0 bridgehead atoms. The van der Waals surface area contributed by atoms with E-state index >= 15 is 0 Å². The van der Waals surface area contributed by atoms with Crippen molar-refractivity contribution in [2.24, 2.45) is 0 Å². The molecule has 0 spiro atoms. The molecule has 2 atom stereocenters. The third-order valence-corrected chi connectivity index (χ3v) is 3.82. The van der Waals surface area contributed by atoms with Gasteiger partial charge in [-0.05, 0) is 43.5 Å². The quantitative estimate of drug-likeness (QED) is 0.838. The minimum Gasteiger partial charge on any atom is -0.493 e. The Morgan fingerprint density at radius 3 is 2.23 bits per heavy atom. The van der Waals surface area contributed by atoms with Gasteiger partial charge in [0.1, 0.15) is 0 Å². The summed E-state index contributed by atoms with van der Waals surface area (Å²) in [7, 11) is 3.32. The molecule has 0 amide bonds. The molecule has 2 rings (SSSR count). The molecule has 0 saturated carbocycles. The zero-order valence-electron chi connectivity index (χ0n) is 13.8. The summed E-state index contributed by atoms with van der Waals surface area (Å²) in [6.45, 7) is 4.40. The Morgan fingerprint density at radius 1 is 0.909 bits per heavy atom. The Labute approximate surface area is 133 Å². The van der Waals surface area contributed by atoms with E-state index in [1.54, 1.807) is 14.2 Å². The van der Waals surface area contributed by atoms with Gasteiger partial charge >= 0.3 is 0 Å². The van der Waals surface area contributed by atoms with Gasteiger partial charge in [-0.2, -0.15) is 0 Å². The molecule has 0 aromatic heterocycles. The molecule has 22 heavy (non-hydrogen) atoms. The smallest absolute Gasteiger partial charge is 0.160 e. The normalized spacial score (nSPS) is 13.5. The number of ether oxygens (including phenoxy) is 2. The average Bonchev–Trinajstić information content (AvgIpc) is 2.55. The third kappa shape index (κ3) is 4.25. The summed E-state index contributed by atoms with van der Waals surface area (Å²) in [4.78, 5) is 0. The molecule has 0 radical (unpaired) electrons. The van der Waals surface area contributed by atoms with Crippen molar-refractivity contribution in [2.75, 3.05) is 14.2 Å². The minimum atomic E-state index is 0.330. The summed E-state index contributed by atoms with van der Waals surface area (Å²) in [5.41, 5.74) is 2.54. The highest BCUT2D eigenvalue weighted by Gasteiger charge is 2.11. The van der Waals surface area contributed by atoms with Crippen LogP contribution in [0.2, 0.25) is 0 Å². The number of nitrogens with one attached hydrogen (secondary N) is 1. The predicted octanol–water partition coefficient (Wildman–Crippen LogP) is 3.99. The van der Waals surface area contributed by atoms with Gasteiger partial charge in [-0.15, -0.1) is 0 Å². The first-order chi connectivity index (χ1) is 10.6. The fourth-order valence-corrected chi connectivity index (χ4v) is 2.68. The Morgan fingerprint density at radius 2 is 1.59 bits per heavy atom. The molecule has 2 aromatic rings. The van der Waals surface area contributed by atoms with Gasteiger partial charge in [0.05, 0.1) is 14.2 Å². The minimum absolute atomic E-state index is 0.330. The number of hydrogen-bond acceptors (Lipinski definition) is 3. The fraction of sp³-hybridized carbons (Fsp3) is 0.368. The lowest BCUT2D eigenvalue weighted by Gasteiger charge is -2.21. The maximum atomic E-state index is 5.36. The van der Waals surface area contributed by atoms with Gasteiger partial charge in [0.15, 0.2) is 11.5 Å². The van der Waals surface area contributed by atoms with Crippen molar-refractivity contribution < 1.29 is 9.47 Å². The van der Waals surface area contributed by atoms with Crippen molar-refractivity contribution >= 4 is 0 Å². The zero-order chi connectivity index (χ0) is 15.9. The second kappa shape index (κ2) is 7.85. The van der Waals surface area contributed by atoms with Gasteiger partial charge in [0, 0.05) is 12.1 Å². The van der Waals surface area contributed by atoms with Crippen LogP contribution in [0.3, 0.4) is 0 Å². The predicted molar refractivity (Wildman–Crippen MR) is 90.7 cm³/mol. The monoisotopic (exact) mass is 299 g/mol. The first-order valence-electron chi connectivity index (χ1n) is 7.66. The van der Waals surface area contributed by atoms with Crippen LogP contribution in [0.5, 0.6) is 11.5 Å². The van der Waals surface area contributed by atoms with Crippen molar-refractivity contribution in [2.45, 2.75) is 32.4 Å². The van der Waals surface area contributed by atoms with E-state index in [0.29, 0.717) is 12.1 Å². The van der Waals surface area contributed by atoms with Crippen LogP contribution in [0.4, 0.5) is 0 Å². The van der Waals surface area contributed by atoms with Gasteiger partial charge in [-0.3, -0.25) is 0 Å². The van der Waals surface area contributed by atoms with E-state index < -0.39 is 0 Å². The van der Waals surface area contributed by atoms with E-state index in [0.717, 1.165) is 17.9 Å². The van der Waals surface area contributed by atoms with Crippen molar-refractivity contribution in [1.82, 2.24) is 5.32 Å². The summed E-state index contributed by atoms with van der Waals surface area (Å²) in [5, 5.41) is 3.64. The Bertz CT molecular complexity index is 583. The van der Waals surface area contributed by atoms with Crippen molar-refractivity contribution in [3.05, 3.63) is 59.7 Å². The molecule has 0 saturated heterocycles. The van der Waals surface area contributed by atoms with Crippen LogP contribution < -0.4 is 14.8 Å². The molecular formula is C19H25NO2. The topological polar surface area (TPSA) is 30.5 Å². The van der Waals surface area contributed by atoms with E-state index in [1.165, 1.54) is 11.1 Å². The largest absolute Gasteiger partial charge is 0.493 e. The second-order valence-electron chi connectivity index (χ2n) is 5.59. The van der Waals surface area contributed by atoms with E-state index in [4.69, 9.17) is 9.47 Å². The first kappa shape index (κ1) is 16.4. The van der Waals surface area contributed by atoms with Crippen LogP contribution >= 0.6 is 0 Å². The van der Waals surface area contributed by atoms with Gasteiger partial charge in [-0.1, -0.05) is 36.4 Å². The standard InChI is InChI=1S/C19H25NO2/c1-14(20-15(2)17-8-6-5-7-9-17)12-16-10-11-18(21-3)19(13-16)22-4/h5-11,13-15,20H,12H2,1-4H3. The van der Waals surface area contributed by atoms with Crippen molar-refractivity contribution in [1.29, 1.82) is 0 Å². The molecule has 3 nitrogen and oxygen atoms in total. The number of hydrogen-bond donors (Lipinski definition) is 1. The fourth-order valence-electron chi connectivity index (χ4n) is 2.68. The number of methoxy groups -OCH3 is 2. The van der Waals surface area contributed by atoms with E-state index in [1.807, 2.05) is 18.2 Å². The molecule has 0 aliphatic rings. The lowest BCUT2D eigenvalue weighted by Crippen LogP contribution is -2.30. The molecule has 0 fully saturated rings. The van der Waals surface area contributed by atoms with Crippen LogP contribution in [0, 0.1) is 0 Å². The lowest BCUT2D eigenvalue weighted by atomic mass is 10.0. The second-order valence-corrected chi connectivity index (χ2v) is 5.59. The lowest BCUT2D eigenvalue weighted by molar-refractivity contribution is 0.354. The molecule has 3 heteroatoms. The summed E-state index contributed by atoms with van der Waals surface area (Å²) in [5.74, 6) is 1.55. The van der Waals surface area contributed by atoms with Crippen molar-refractivity contribution in [3.63, 3.8) is 0 Å². The van der Waals surface area contributed by atoms with E-state index in [9.17, 15) is 0 Å². The van der Waals surface area contributed by atoms with Gasteiger partial charge in [-0.25, -0.2) is 0 Å². The highest BCUT2D eigenvalue weighted by molar-refractivity contribution is 5.43. The summed E-state index contributed by atoms with van der Waals surface area (Å²) in [6, 6.07) is 17.3. The molecule has 2 unspecified atom stereocenters. The SMILES string of the molecule is COc1ccc(CC(C)NC(C)c2ccccc2)cc1OC. The highest BCUT2D eigenvalue weighted by Crippen LogP contribution is 2.28.